The summed E-state index contributed by atoms with van der Waals surface area (Å²) in [6.45, 7) is 15.1. The predicted molar refractivity (Wildman–Crippen MR) is 82.7 cm³/mol. The van der Waals surface area contributed by atoms with Gasteiger partial charge in [0.1, 0.15) is 0 Å². The van der Waals surface area contributed by atoms with Crippen LogP contribution in [0.4, 0.5) is 0 Å². The third-order valence-corrected chi connectivity index (χ3v) is 3.57. The van der Waals surface area contributed by atoms with Gasteiger partial charge in [-0.25, -0.2) is 0 Å². The fraction of sp³-hybridized carbons (Fsp3) is 0.938. The lowest BCUT2D eigenvalue weighted by atomic mass is 10.0. The quantitative estimate of drug-likeness (QED) is 0.843. The van der Waals surface area contributed by atoms with Crippen LogP contribution in [-0.4, -0.2) is 48.2 Å². The lowest BCUT2D eigenvalue weighted by Crippen LogP contribution is -2.53. The Labute approximate surface area is 124 Å². The summed E-state index contributed by atoms with van der Waals surface area (Å²) in [6.07, 6.45) is 2.42. The molecule has 1 rings (SSSR count). The molecule has 0 radical (unpaired) electrons. The average molecular weight is 284 g/mol. The summed E-state index contributed by atoms with van der Waals surface area (Å²) < 4.78 is 5.89. The van der Waals surface area contributed by atoms with Crippen molar-refractivity contribution in [2.24, 2.45) is 5.92 Å². The van der Waals surface area contributed by atoms with E-state index in [1.807, 2.05) is 27.7 Å². The molecule has 0 aromatic rings. The minimum absolute atomic E-state index is 0.0553. The maximum absolute atomic E-state index is 12.2. The molecule has 1 amide bonds. The number of ether oxygens (including phenoxy) is 1. The number of hydrogen-bond donors (Lipinski definition) is 1. The zero-order valence-corrected chi connectivity index (χ0v) is 14.0. The zero-order chi connectivity index (χ0) is 15.3. The number of carbonyl (C=O) groups is 1. The van der Waals surface area contributed by atoms with Crippen molar-refractivity contribution in [3.8, 4) is 0 Å². The molecule has 0 aromatic heterocycles. The van der Waals surface area contributed by atoms with E-state index in [4.69, 9.17) is 4.74 Å². The highest BCUT2D eigenvalue weighted by Crippen LogP contribution is 2.17. The fourth-order valence-corrected chi connectivity index (χ4v) is 2.40. The number of hydrogen-bond acceptors (Lipinski definition) is 3. The van der Waals surface area contributed by atoms with Gasteiger partial charge in [-0.2, -0.15) is 0 Å². The molecule has 1 fully saturated rings. The number of amides is 1. The van der Waals surface area contributed by atoms with Crippen LogP contribution in [0.1, 0.15) is 54.4 Å². The number of carbonyl (C=O) groups excluding carboxylic acids is 1. The van der Waals surface area contributed by atoms with Crippen LogP contribution in [0.2, 0.25) is 0 Å². The summed E-state index contributed by atoms with van der Waals surface area (Å²) in [5.74, 6) is 0.712. The first kappa shape index (κ1) is 17.4. The molecular formula is C16H32N2O2. The van der Waals surface area contributed by atoms with Gasteiger partial charge in [-0.05, 0) is 46.5 Å². The van der Waals surface area contributed by atoms with E-state index in [9.17, 15) is 4.79 Å². The standard InChI is InChI=1S/C16H32N2O2/c1-12(2)11-20-14-7-9-18(10-8-14)13(3)15(19)17-16(4,5)6/h12-14H,7-11H2,1-6H3,(H,17,19). The molecule has 1 saturated heterocycles. The Bertz CT molecular complexity index is 302. The number of piperidine rings is 1. The van der Waals surface area contributed by atoms with Crippen LogP contribution in [0.5, 0.6) is 0 Å². The van der Waals surface area contributed by atoms with Gasteiger partial charge in [-0.1, -0.05) is 13.8 Å². The van der Waals surface area contributed by atoms with Crippen molar-refractivity contribution >= 4 is 5.91 Å². The normalized spacial score (nSPS) is 20.1. The fourth-order valence-electron chi connectivity index (χ4n) is 2.40. The smallest absolute Gasteiger partial charge is 0.237 e. The van der Waals surface area contributed by atoms with E-state index >= 15 is 0 Å². The van der Waals surface area contributed by atoms with Gasteiger partial charge in [0.2, 0.25) is 5.91 Å². The van der Waals surface area contributed by atoms with Gasteiger partial charge in [0, 0.05) is 25.2 Å². The van der Waals surface area contributed by atoms with E-state index in [1.54, 1.807) is 0 Å². The number of nitrogens with one attached hydrogen (secondary N) is 1. The molecular weight excluding hydrogens is 252 g/mol. The van der Waals surface area contributed by atoms with Crippen LogP contribution in [-0.2, 0) is 9.53 Å². The van der Waals surface area contributed by atoms with Crippen LogP contribution < -0.4 is 5.32 Å². The summed E-state index contributed by atoms with van der Waals surface area (Å²) in [7, 11) is 0. The average Bonchev–Trinajstić information content (AvgIpc) is 2.34. The second-order valence-corrected chi connectivity index (χ2v) is 7.38. The van der Waals surface area contributed by atoms with Crippen LogP contribution in [0.25, 0.3) is 0 Å². The molecule has 118 valence electrons. The van der Waals surface area contributed by atoms with Gasteiger partial charge in [-0.15, -0.1) is 0 Å². The maximum atomic E-state index is 12.2. The van der Waals surface area contributed by atoms with Crippen molar-refractivity contribution in [1.82, 2.24) is 10.2 Å². The molecule has 1 heterocycles. The van der Waals surface area contributed by atoms with Gasteiger partial charge in [0.25, 0.3) is 0 Å². The summed E-state index contributed by atoms with van der Waals surface area (Å²) in [4.78, 5) is 14.4. The highest BCUT2D eigenvalue weighted by atomic mass is 16.5. The van der Waals surface area contributed by atoms with E-state index in [0.717, 1.165) is 32.5 Å². The summed E-state index contributed by atoms with van der Waals surface area (Å²) in [6, 6.07) is -0.0553. The molecule has 0 spiro atoms. The van der Waals surface area contributed by atoms with Gasteiger partial charge >= 0.3 is 0 Å². The first-order valence-corrected chi connectivity index (χ1v) is 7.86. The largest absolute Gasteiger partial charge is 0.378 e. The summed E-state index contributed by atoms with van der Waals surface area (Å²) in [5, 5.41) is 3.06. The van der Waals surface area contributed by atoms with Crippen molar-refractivity contribution in [3.63, 3.8) is 0 Å². The van der Waals surface area contributed by atoms with Crippen molar-refractivity contribution in [3.05, 3.63) is 0 Å². The van der Waals surface area contributed by atoms with Crippen molar-refractivity contribution in [2.75, 3.05) is 19.7 Å². The molecule has 4 nitrogen and oxygen atoms in total. The summed E-state index contributed by atoms with van der Waals surface area (Å²) >= 11 is 0. The molecule has 20 heavy (non-hydrogen) atoms. The number of rotatable bonds is 5. The molecule has 0 bridgehead atoms. The van der Waals surface area contributed by atoms with Crippen LogP contribution in [0.3, 0.4) is 0 Å². The predicted octanol–water partition coefficient (Wildman–Crippen LogP) is 2.43. The number of likely N-dealkylation sites (tertiary alicyclic amines) is 1. The van der Waals surface area contributed by atoms with E-state index in [1.165, 1.54) is 0 Å². The third kappa shape index (κ3) is 6.23. The molecule has 1 unspecified atom stereocenters. The Morgan fingerprint density at radius 3 is 2.25 bits per heavy atom. The number of nitrogens with zero attached hydrogens (tertiary/aromatic N) is 1. The van der Waals surface area contributed by atoms with Gasteiger partial charge in [0.05, 0.1) is 12.1 Å². The first-order valence-electron chi connectivity index (χ1n) is 7.86. The van der Waals surface area contributed by atoms with E-state index in [2.05, 4.69) is 24.1 Å². The highest BCUT2D eigenvalue weighted by Gasteiger charge is 2.28. The first-order chi connectivity index (χ1) is 9.19. The lowest BCUT2D eigenvalue weighted by molar-refractivity contribution is -0.128. The highest BCUT2D eigenvalue weighted by molar-refractivity contribution is 5.81. The zero-order valence-electron chi connectivity index (χ0n) is 14.0. The summed E-state index contributed by atoms with van der Waals surface area (Å²) in [5.41, 5.74) is -0.163. The Balaban J connectivity index is 2.35. The van der Waals surface area contributed by atoms with E-state index in [0.29, 0.717) is 12.0 Å². The van der Waals surface area contributed by atoms with Crippen LogP contribution >= 0.6 is 0 Å². The molecule has 0 aliphatic carbocycles. The van der Waals surface area contributed by atoms with E-state index in [-0.39, 0.29) is 17.5 Å². The topological polar surface area (TPSA) is 41.6 Å². The van der Waals surface area contributed by atoms with Gasteiger partial charge in [-0.3, -0.25) is 9.69 Å². The monoisotopic (exact) mass is 284 g/mol. The molecule has 1 aliphatic heterocycles. The van der Waals surface area contributed by atoms with Crippen LogP contribution in [0, 0.1) is 5.92 Å². The van der Waals surface area contributed by atoms with Crippen LogP contribution in [0.15, 0.2) is 0 Å². The Morgan fingerprint density at radius 2 is 1.80 bits per heavy atom. The minimum atomic E-state index is -0.163. The second kappa shape index (κ2) is 7.41. The van der Waals surface area contributed by atoms with Gasteiger partial charge < -0.3 is 10.1 Å². The van der Waals surface area contributed by atoms with Crippen molar-refractivity contribution in [1.29, 1.82) is 0 Å². The van der Waals surface area contributed by atoms with Crippen molar-refractivity contribution in [2.45, 2.75) is 72.1 Å². The SMILES string of the molecule is CC(C)COC1CCN(C(C)C(=O)NC(C)(C)C)CC1. The van der Waals surface area contributed by atoms with E-state index < -0.39 is 0 Å². The minimum Gasteiger partial charge on any atom is -0.378 e. The Hall–Kier alpha value is -0.610. The molecule has 1 N–H and O–H groups in total. The van der Waals surface area contributed by atoms with Gasteiger partial charge in [0.15, 0.2) is 0 Å². The Morgan fingerprint density at radius 1 is 1.25 bits per heavy atom. The molecule has 1 atom stereocenters. The third-order valence-electron chi connectivity index (χ3n) is 3.57. The molecule has 1 aliphatic rings. The maximum Gasteiger partial charge on any atom is 0.237 e. The molecule has 0 saturated carbocycles. The Kier molecular flexibility index (Phi) is 6.46. The second-order valence-electron chi connectivity index (χ2n) is 7.38. The molecule has 4 heteroatoms. The van der Waals surface area contributed by atoms with Crippen molar-refractivity contribution < 1.29 is 9.53 Å². The molecule has 0 aromatic carbocycles. The lowest BCUT2D eigenvalue weighted by Gasteiger charge is -2.36.